The van der Waals surface area contributed by atoms with Gasteiger partial charge >= 0.3 is 5.97 Å². The van der Waals surface area contributed by atoms with Gasteiger partial charge in [-0.1, -0.05) is 32.4 Å². The monoisotopic (exact) mass is 433 g/mol. The third-order valence-electron chi connectivity index (χ3n) is 6.30. The highest BCUT2D eigenvalue weighted by Crippen LogP contribution is 2.43. The lowest BCUT2D eigenvalue weighted by molar-refractivity contribution is 0.0596. The second-order valence-electron chi connectivity index (χ2n) is 7.93. The lowest BCUT2D eigenvalue weighted by atomic mass is 9.97. The van der Waals surface area contributed by atoms with Crippen molar-refractivity contribution in [3.05, 3.63) is 46.7 Å². The van der Waals surface area contributed by atoms with Crippen molar-refractivity contribution in [3.63, 3.8) is 0 Å². The normalized spacial score (nSPS) is 20.0. The summed E-state index contributed by atoms with van der Waals surface area (Å²) in [5, 5.41) is 0. The first-order chi connectivity index (χ1) is 14.3. The predicted octanol–water partition coefficient (Wildman–Crippen LogP) is 4.68. The predicted molar refractivity (Wildman–Crippen MR) is 116 cm³/mol. The van der Waals surface area contributed by atoms with Crippen LogP contribution in [-0.4, -0.2) is 39.0 Å². The van der Waals surface area contributed by atoms with Crippen LogP contribution >= 0.6 is 0 Å². The molecule has 0 saturated heterocycles. The summed E-state index contributed by atoms with van der Waals surface area (Å²) in [5.41, 5.74) is 3.41. The van der Waals surface area contributed by atoms with E-state index >= 15 is 0 Å². The molecule has 0 radical (unpaired) electrons. The molecule has 0 bridgehead atoms. The zero-order valence-electron chi connectivity index (χ0n) is 18.4. The second-order valence-corrected chi connectivity index (χ2v) is 9.75. The Morgan fingerprint density at radius 2 is 2.00 bits per heavy atom. The Morgan fingerprint density at radius 1 is 1.27 bits per heavy atom. The van der Waals surface area contributed by atoms with Crippen molar-refractivity contribution in [3.8, 4) is 5.75 Å². The van der Waals surface area contributed by atoms with Crippen molar-refractivity contribution < 1.29 is 22.7 Å². The average molecular weight is 434 g/mol. The number of allylic oxidation sites excluding steroid dienone is 3. The van der Waals surface area contributed by atoms with Crippen molar-refractivity contribution in [2.45, 2.75) is 63.8 Å². The second kappa shape index (κ2) is 8.84. The van der Waals surface area contributed by atoms with Gasteiger partial charge in [-0.15, -0.1) is 0 Å². The smallest absolute Gasteiger partial charge is 0.341 e. The van der Waals surface area contributed by atoms with Crippen LogP contribution in [0, 0.1) is 5.92 Å². The Labute approximate surface area is 179 Å². The summed E-state index contributed by atoms with van der Waals surface area (Å²) in [4.78, 5) is 12.3. The van der Waals surface area contributed by atoms with E-state index in [9.17, 15) is 13.2 Å². The minimum absolute atomic E-state index is 0.0767. The molecule has 7 heteroatoms. The van der Waals surface area contributed by atoms with Crippen LogP contribution in [0.15, 0.2) is 46.0 Å². The maximum atomic E-state index is 13.8. The van der Waals surface area contributed by atoms with E-state index in [1.54, 1.807) is 4.31 Å². The molecule has 3 rings (SSSR count). The van der Waals surface area contributed by atoms with Crippen LogP contribution in [0.5, 0.6) is 5.75 Å². The van der Waals surface area contributed by atoms with Gasteiger partial charge in [-0.3, -0.25) is 4.31 Å². The summed E-state index contributed by atoms with van der Waals surface area (Å²) in [6.45, 7) is 6.36. The molecule has 0 fully saturated rings. The van der Waals surface area contributed by atoms with E-state index in [-0.39, 0.29) is 22.3 Å². The SMILES string of the molecule is CCC1CCC2=C(CC([C@H](C)CC)=C2)N1S(=O)(=O)c1ccc(OC)c(C(=O)OC)c1. The molecule has 0 N–H and O–H groups in total. The Hall–Kier alpha value is -2.28. The van der Waals surface area contributed by atoms with Gasteiger partial charge in [0.1, 0.15) is 11.3 Å². The highest BCUT2D eigenvalue weighted by molar-refractivity contribution is 7.89. The molecule has 164 valence electrons. The summed E-state index contributed by atoms with van der Waals surface area (Å²) in [5.74, 6) is 0.0798. The molecular weight excluding hydrogens is 402 g/mol. The highest BCUT2D eigenvalue weighted by Gasteiger charge is 2.39. The third kappa shape index (κ3) is 3.87. The number of hydrogen-bond donors (Lipinski definition) is 0. The number of carbonyl (C=O) groups is 1. The van der Waals surface area contributed by atoms with Crippen LogP contribution in [0.1, 0.15) is 63.2 Å². The molecule has 1 heterocycles. The van der Waals surface area contributed by atoms with Crippen molar-refractivity contribution in [1.29, 1.82) is 0 Å². The fourth-order valence-corrected chi connectivity index (χ4v) is 6.13. The standard InChI is InChI=1S/C23H31NO5S/c1-6-15(3)17-12-16-8-9-18(7-2)24(21(16)13-17)30(26,27)19-10-11-22(28-4)20(14-19)23(25)29-5/h10-12,14-15,18H,6-9,13H2,1-5H3/t15-,18?/m1/s1. The molecule has 1 aliphatic carbocycles. The van der Waals surface area contributed by atoms with E-state index in [0.29, 0.717) is 12.3 Å². The molecular formula is C23H31NO5S. The summed E-state index contributed by atoms with van der Waals surface area (Å²) in [6.07, 6.45) is 6.31. The van der Waals surface area contributed by atoms with E-state index in [1.807, 2.05) is 6.92 Å². The van der Waals surface area contributed by atoms with Crippen molar-refractivity contribution in [2.24, 2.45) is 5.92 Å². The summed E-state index contributed by atoms with van der Waals surface area (Å²) in [6, 6.07) is 4.28. The quantitative estimate of drug-likeness (QED) is 0.584. The maximum absolute atomic E-state index is 13.8. The number of methoxy groups -OCH3 is 2. The average Bonchev–Trinajstić information content (AvgIpc) is 3.20. The Bertz CT molecular complexity index is 993. The minimum Gasteiger partial charge on any atom is -0.496 e. The van der Waals surface area contributed by atoms with Crippen LogP contribution in [-0.2, 0) is 14.8 Å². The number of nitrogens with zero attached hydrogens (tertiary/aromatic N) is 1. The molecule has 2 aliphatic rings. The molecule has 0 amide bonds. The summed E-state index contributed by atoms with van der Waals surface area (Å²) in [7, 11) is -1.15. The Morgan fingerprint density at radius 3 is 2.60 bits per heavy atom. The lowest BCUT2D eigenvalue weighted by Crippen LogP contribution is -2.41. The van der Waals surface area contributed by atoms with Gasteiger partial charge in [0.25, 0.3) is 10.0 Å². The number of carbonyl (C=O) groups excluding carboxylic acids is 1. The molecule has 1 aromatic rings. The van der Waals surface area contributed by atoms with E-state index < -0.39 is 16.0 Å². The fraction of sp³-hybridized carbons (Fsp3) is 0.522. The zero-order chi connectivity index (χ0) is 22.1. The molecule has 6 nitrogen and oxygen atoms in total. The van der Waals surface area contributed by atoms with Crippen LogP contribution < -0.4 is 4.74 Å². The van der Waals surface area contributed by atoms with Crippen molar-refractivity contribution >= 4 is 16.0 Å². The molecule has 1 aliphatic heterocycles. The number of rotatable bonds is 7. The molecule has 1 aromatic carbocycles. The molecule has 30 heavy (non-hydrogen) atoms. The molecule has 0 aromatic heterocycles. The van der Waals surface area contributed by atoms with Crippen LogP contribution in [0.25, 0.3) is 0 Å². The molecule has 2 atom stereocenters. The summed E-state index contributed by atoms with van der Waals surface area (Å²) < 4.78 is 39.2. The topological polar surface area (TPSA) is 72.9 Å². The van der Waals surface area contributed by atoms with Gasteiger partial charge in [-0.05, 0) is 55.4 Å². The zero-order valence-corrected chi connectivity index (χ0v) is 19.2. The third-order valence-corrected chi connectivity index (χ3v) is 8.18. The van der Waals surface area contributed by atoms with E-state index in [2.05, 4.69) is 19.9 Å². The number of hydrogen-bond acceptors (Lipinski definition) is 5. The molecule has 0 spiro atoms. The van der Waals surface area contributed by atoms with Gasteiger partial charge < -0.3 is 9.47 Å². The van der Waals surface area contributed by atoms with Gasteiger partial charge in [-0.25, -0.2) is 13.2 Å². The summed E-state index contributed by atoms with van der Waals surface area (Å²) >= 11 is 0. The van der Waals surface area contributed by atoms with Crippen molar-refractivity contribution in [1.82, 2.24) is 4.31 Å². The van der Waals surface area contributed by atoms with Crippen LogP contribution in [0.3, 0.4) is 0 Å². The Kier molecular flexibility index (Phi) is 6.60. The first-order valence-electron chi connectivity index (χ1n) is 10.5. The Balaban J connectivity index is 2.06. The lowest BCUT2D eigenvalue weighted by Gasteiger charge is -2.37. The van der Waals surface area contributed by atoms with Crippen LogP contribution in [0.2, 0.25) is 0 Å². The van der Waals surface area contributed by atoms with Gasteiger partial charge in [0.15, 0.2) is 0 Å². The van der Waals surface area contributed by atoms with E-state index in [0.717, 1.165) is 37.0 Å². The number of ether oxygens (including phenoxy) is 2. The molecule has 1 unspecified atom stereocenters. The van der Waals surface area contributed by atoms with Crippen molar-refractivity contribution in [2.75, 3.05) is 14.2 Å². The maximum Gasteiger partial charge on any atom is 0.341 e. The number of sulfonamides is 1. The first-order valence-corrected chi connectivity index (χ1v) is 12.0. The van der Waals surface area contributed by atoms with Gasteiger partial charge in [0, 0.05) is 18.2 Å². The van der Waals surface area contributed by atoms with E-state index in [1.165, 1.54) is 38.0 Å². The largest absolute Gasteiger partial charge is 0.496 e. The van der Waals surface area contributed by atoms with Gasteiger partial charge in [-0.2, -0.15) is 0 Å². The van der Waals surface area contributed by atoms with E-state index in [4.69, 9.17) is 9.47 Å². The number of benzene rings is 1. The van der Waals surface area contributed by atoms with Crippen LogP contribution in [0.4, 0.5) is 0 Å². The molecule has 0 saturated carbocycles. The first kappa shape index (κ1) is 22.4. The minimum atomic E-state index is -3.84. The van der Waals surface area contributed by atoms with Gasteiger partial charge in [0.2, 0.25) is 0 Å². The number of esters is 1. The highest BCUT2D eigenvalue weighted by atomic mass is 32.2. The van der Waals surface area contributed by atoms with Gasteiger partial charge in [0.05, 0.1) is 19.1 Å². The fourth-order valence-electron chi connectivity index (χ4n) is 4.28.